The Morgan fingerprint density at radius 2 is 1.74 bits per heavy atom. The number of carbonyl (C=O) groups is 1. The van der Waals surface area contributed by atoms with Crippen LogP contribution in [0.1, 0.15) is 49.1 Å². The molecule has 1 saturated heterocycles. The number of alkyl halides is 3. The second-order valence-corrected chi connectivity index (χ2v) is 6.83. The molecule has 1 heterocycles. The van der Waals surface area contributed by atoms with Gasteiger partial charge in [0.15, 0.2) is 0 Å². The zero-order chi connectivity index (χ0) is 16.7. The van der Waals surface area contributed by atoms with Crippen LogP contribution in [-0.2, 0) is 6.18 Å². The fourth-order valence-electron chi connectivity index (χ4n) is 4.06. The number of piperidine rings is 1. The predicted molar refractivity (Wildman–Crippen MR) is 79.3 cm³/mol. The van der Waals surface area contributed by atoms with Gasteiger partial charge in [-0.1, -0.05) is 12.1 Å². The van der Waals surface area contributed by atoms with Crippen molar-refractivity contribution in [3.8, 4) is 0 Å². The summed E-state index contributed by atoms with van der Waals surface area (Å²) in [5.41, 5.74) is 0.526. The van der Waals surface area contributed by atoms with E-state index < -0.39 is 17.8 Å². The Kier molecular flexibility index (Phi) is 4.02. The number of amides is 1. The summed E-state index contributed by atoms with van der Waals surface area (Å²) < 4.78 is 37.9. The molecule has 1 aliphatic carbocycles. The molecule has 2 fully saturated rings. The van der Waals surface area contributed by atoms with Crippen molar-refractivity contribution >= 4 is 6.09 Å². The van der Waals surface area contributed by atoms with Crippen molar-refractivity contribution in [1.82, 2.24) is 4.90 Å². The Bertz CT molecular complexity index is 574. The smallest absolute Gasteiger partial charge is 0.416 e. The van der Waals surface area contributed by atoms with Crippen LogP contribution in [0.3, 0.4) is 0 Å². The van der Waals surface area contributed by atoms with Gasteiger partial charge in [0.05, 0.1) is 5.56 Å². The highest BCUT2D eigenvalue weighted by atomic mass is 19.4. The van der Waals surface area contributed by atoms with Crippen LogP contribution in [0.4, 0.5) is 18.0 Å². The summed E-state index contributed by atoms with van der Waals surface area (Å²) in [7, 11) is 0. The molecule has 1 amide bonds. The first-order valence-electron chi connectivity index (χ1n) is 7.94. The molecule has 3 rings (SSSR count). The molecule has 0 bridgehead atoms. The Balaban J connectivity index is 1.65. The van der Waals surface area contributed by atoms with Crippen molar-refractivity contribution in [1.29, 1.82) is 0 Å². The average molecular weight is 327 g/mol. The normalized spacial score (nSPS) is 24.1. The molecule has 1 aliphatic heterocycles. The molecule has 23 heavy (non-hydrogen) atoms. The van der Waals surface area contributed by atoms with Crippen LogP contribution in [-0.4, -0.2) is 29.2 Å². The largest absolute Gasteiger partial charge is 0.465 e. The van der Waals surface area contributed by atoms with Crippen LogP contribution >= 0.6 is 0 Å². The minimum Gasteiger partial charge on any atom is -0.465 e. The van der Waals surface area contributed by atoms with Gasteiger partial charge in [-0.05, 0) is 61.1 Å². The molecular weight excluding hydrogens is 307 g/mol. The van der Waals surface area contributed by atoms with Crippen molar-refractivity contribution in [3.63, 3.8) is 0 Å². The van der Waals surface area contributed by atoms with E-state index in [1.807, 2.05) is 0 Å². The Labute approximate surface area is 133 Å². The van der Waals surface area contributed by atoms with Crippen molar-refractivity contribution in [2.24, 2.45) is 5.41 Å². The van der Waals surface area contributed by atoms with Gasteiger partial charge in [0, 0.05) is 13.1 Å². The number of benzene rings is 1. The van der Waals surface area contributed by atoms with E-state index in [1.165, 1.54) is 4.90 Å². The molecule has 1 saturated carbocycles. The van der Waals surface area contributed by atoms with Crippen LogP contribution in [0.25, 0.3) is 0 Å². The molecule has 6 heteroatoms. The maximum absolute atomic E-state index is 12.6. The molecule has 1 spiro atoms. The fraction of sp³-hybridized carbons (Fsp3) is 0.588. The summed E-state index contributed by atoms with van der Waals surface area (Å²) in [6.07, 6.45) is -0.486. The third-order valence-electron chi connectivity index (χ3n) is 5.51. The molecule has 0 aromatic heterocycles. The minimum absolute atomic E-state index is 0.166. The van der Waals surface area contributed by atoms with E-state index in [1.54, 1.807) is 12.1 Å². The van der Waals surface area contributed by atoms with Crippen LogP contribution < -0.4 is 0 Å². The molecular formula is C17H20F3NO2. The van der Waals surface area contributed by atoms with Crippen molar-refractivity contribution < 1.29 is 23.1 Å². The van der Waals surface area contributed by atoms with Gasteiger partial charge in [0.2, 0.25) is 0 Å². The molecule has 2 aliphatic rings. The lowest BCUT2D eigenvalue weighted by Gasteiger charge is -2.38. The maximum Gasteiger partial charge on any atom is 0.416 e. The van der Waals surface area contributed by atoms with E-state index in [0.717, 1.165) is 49.8 Å². The summed E-state index contributed by atoms with van der Waals surface area (Å²) in [5, 5.41) is 9.03. The third kappa shape index (κ3) is 3.31. The molecule has 1 aromatic carbocycles. The van der Waals surface area contributed by atoms with Crippen molar-refractivity contribution in [2.75, 3.05) is 13.1 Å². The lowest BCUT2D eigenvalue weighted by Crippen LogP contribution is -2.41. The van der Waals surface area contributed by atoms with E-state index in [4.69, 9.17) is 5.11 Å². The first-order chi connectivity index (χ1) is 10.8. The third-order valence-corrected chi connectivity index (χ3v) is 5.51. The monoisotopic (exact) mass is 327 g/mol. The first kappa shape index (κ1) is 16.1. The second-order valence-electron chi connectivity index (χ2n) is 6.83. The standard InChI is InChI=1S/C17H20F3NO2/c18-17(19,20)14-3-1-12(2-4-14)13-5-6-16(11-13)7-9-21(10-8-16)15(22)23/h1-4,13H,5-11H2,(H,22,23). The van der Waals surface area contributed by atoms with Gasteiger partial charge in [-0.25, -0.2) is 4.79 Å². The zero-order valence-corrected chi connectivity index (χ0v) is 12.8. The fourth-order valence-corrected chi connectivity index (χ4v) is 4.06. The van der Waals surface area contributed by atoms with Gasteiger partial charge in [-0.3, -0.25) is 0 Å². The number of carboxylic acid groups (broad SMARTS) is 1. The summed E-state index contributed by atoms with van der Waals surface area (Å²) in [5.74, 6) is 0.286. The lowest BCUT2D eigenvalue weighted by molar-refractivity contribution is -0.137. The molecule has 1 aromatic rings. The number of halogens is 3. The van der Waals surface area contributed by atoms with Crippen molar-refractivity contribution in [2.45, 2.75) is 44.2 Å². The number of hydrogen-bond acceptors (Lipinski definition) is 1. The molecule has 0 radical (unpaired) electrons. The summed E-state index contributed by atoms with van der Waals surface area (Å²) in [6.45, 7) is 1.13. The number of likely N-dealkylation sites (tertiary alicyclic amines) is 1. The number of hydrogen-bond donors (Lipinski definition) is 1. The molecule has 126 valence electrons. The Morgan fingerprint density at radius 3 is 2.26 bits per heavy atom. The summed E-state index contributed by atoms with van der Waals surface area (Å²) in [4.78, 5) is 12.4. The quantitative estimate of drug-likeness (QED) is 0.810. The van der Waals surface area contributed by atoms with Gasteiger partial charge in [-0.15, -0.1) is 0 Å². The van der Waals surface area contributed by atoms with E-state index in [0.29, 0.717) is 13.1 Å². The van der Waals surface area contributed by atoms with Crippen LogP contribution in [0.5, 0.6) is 0 Å². The van der Waals surface area contributed by atoms with Crippen LogP contribution in [0.2, 0.25) is 0 Å². The lowest BCUT2D eigenvalue weighted by atomic mass is 9.76. The van der Waals surface area contributed by atoms with Gasteiger partial charge >= 0.3 is 12.3 Å². The highest BCUT2D eigenvalue weighted by Crippen LogP contribution is 2.52. The summed E-state index contributed by atoms with van der Waals surface area (Å²) >= 11 is 0. The van der Waals surface area contributed by atoms with E-state index in [2.05, 4.69) is 0 Å². The molecule has 1 atom stereocenters. The zero-order valence-electron chi connectivity index (χ0n) is 12.8. The second kappa shape index (κ2) is 5.73. The highest BCUT2D eigenvalue weighted by Gasteiger charge is 2.42. The Hall–Kier alpha value is -1.72. The van der Waals surface area contributed by atoms with E-state index in [-0.39, 0.29) is 11.3 Å². The molecule has 3 nitrogen and oxygen atoms in total. The van der Waals surface area contributed by atoms with E-state index >= 15 is 0 Å². The predicted octanol–water partition coefficient (Wildman–Crippen LogP) is 4.73. The topological polar surface area (TPSA) is 40.5 Å². The Morgan fingerprint density at radius 1 is 1.13 bits per heavy atom. The van der Waals surface area contributed by atoms with Crippen LogP contribution in [0, 0.1) is 5.41 Å². The molecule has 1 N–H and O–H groups in total. The SMILES string of the molecule is O=C(O)N1CCC2(CCC(c3ccc(C(F)(F)F)cc3)C2)CC1. The van der Waals surface area contributed by atoms with Gasteiger partial charge in [-0.2, -0.15) is 13.2 Å². The molecule has 1 unspecified atom stereocenters. The van der Waals surface area contributed by atoms with E-state index in [9.17, 15) is 18.0 Å². The number of rotatable bonds is 1. The average Bonchev–Trinajstić information content (AvgIpc) is 2.91. The minimum atomic E-state index is -4.29. The van der Waals surface area contributed by atoms with Gasteiger partial charge in [0.1, 0.15) is 0 Å². The van der Waals surface area contributed by atoms with Crippen molar-refractivity contribution in [3.05, 3.63) is 35.4 Å². The maximum atomic E-state index is 12.6. The van der Waals surface area contributed by atoms with Gasteiger partial charge < -0.3 is 10.0 Å². The summed E-state index contributed by atoms with van der Waals surface area (Å²) in [6, 6.07) is 5.51. The first-order valence-corrected chi connectivity index (χ1v) is 7.94. The highest BCUT2D eigenvalue weighted by molar-refractivity contribution is 5.65. The number of nitrogens with zero attached hydrogens (tertiary/aromatic N) is 1. The van der Waals surface area contributed by atoms with Gasteiger partial charge in [0.25, 0.3) is 0 Å². The van der Waals surface area contributed by atoms with Crippen LogP contribution in [0.15, 0.2) is 24.3 Å².